The number of rotatable bonds is 6. The Bertz CT molecular complexity index is 986. The summed E-state index contributed by atoms with van der Waals surface area (Å²) >= 11 is 1.54. The fourth-order valence-electron chi connectivity index (χ4n) is 2.81. The van der Waals surface area contributed by atoms with Crippen LogP contribution in [0.5, 0.6) is 0 Å². The maximum atomic E-state index is 13.2. The van der Waals surface area contributed by atoms with Gasteiger partial charge >= 0.3 is 0 Å². The first-order valence-electron chi connectivity index (χ1n) is 8.82. The highest BCUT2D eigenvalue weighted by atomic mass is 32.1. The summed E-state index contributed by atoms with van der Waals surface area (Å²) in [6.07, 6.45) is 0.851. The normalized spacial score (nSPS) is 10.9. The average molecular weight is 379 g/mol. The van der Waals surface area contributed by atoms with Gasteiger partial charge in [0, 0.05) is 12.1 Å². The number of hydrogen-bond acceptors (Lipinski definition) is 5. The molecule has 0 aliphatic heterocycles. The van der Waals surface area contributed by atoms with E-state index in [1.807, 2.05) is 26.2 Å². The molecule has 3 aromatic rings. The van der Waals surface area contributed by atoms with E-state index in [0.717, 1.165) is 23.2 Å². The van der Waals surface area contributed by atoms with Crippen LogP contribution in [0.1, 0.15) is 27.9 Å². The summed E-state index contributed by atoms with van der Waals surface area (Å²) in [5.74, 6) is -0.0889. The van der Waals surface area contributed by atoms with E-state index in [2.05, 4.69) is 28.9 Å². The molecule has 0 bridgehead atoms. The number of benzene rings is 2. The fraction of sp³-hybridized carbons (Fsp3) is 0.286. The molecule has 0 saturated carbocycles. The molecule has 0 aliphatic carbocycles. The molecule has 138 valence electrons. The minimum atomic E-state index is -0.0889. The maximum absolute atomic E-state index is 13.2. The number of hydrogen-bond donors (Lipinski definition) is 0. The number of carbonyl (C=O) groups excluding carboxylic acids is 1. The lowest BCUT2D eigenvalue weighted by Crippen LogP contribution is -2.33. The molecule has 0 fully saturated rings. The van der Waals surface area contributed by atoms with Gasteiger partial charge in [-0.3, -0.25) is 9.69 Å². The van der Waals surface area contributed by atoms with Crippen molar-refractivity contribution in [1.82, 2.24) is 9.88 Å². The molecule has 27 heavy (non-hydrogen) atoms. The van der Waals surface area contributed by atoms with Crippen LogP contribution < -0.4 is 4.90 Å². The van der Waals surface area contributed by atoms with Crippen molar-refractivity contribution in [1.29, 1.82) is 5.26 Å². The third-order valence-electron chi connectivity index (χ3n) is 4.26. The number of aryl methyl sites for hydroxylation is 1. The molecule has 0 N–H and O–H groups in total. The van der Waals surface area contributed by atoms with Crippen LogP contribution in [0.15, 0.2) is 42.5 Å². The van der Waals surface area contributed by atoms with Gasteiger partial charge in [-0.25, -0.2) is 4.98 Å². The van der Waals surface area contributed by atoms with E-state index in [-0.39, 0.29) is 5.91 Å². The van der Waals surface area contributed by atoms with Crippen molar-refractivity contribution < 1.29 is 4.79 Å². The van der Waals surface area contributed by atoms with Crippen LogP contribution in [0, 0.1) is 18.3 Å². The van der Waals surface area contributed by atoms with E-state index < -0.39 is 0 Å². The lowest BCUT2D eigenvalue weighted by molar-refractivity contribution is 0.0986. The Labute approximate surface area is 163 Å². The molecule has 5 nitrogen and oxygen atoms in total. The molecular formula is C21H22N4OS. The molecule has 2 aromatic carbocycles. The van der Waals surface area contributed by atoms with Gasteiger partial charge in [-0.2, -0.15) is 5.26 Å². The van der Waals surface area contributed by atoms with E-state index in [1.165, 1.54) is 16.9 Å². The number of anilines is 1. The number of carbonyl (C=O) groups is 1. The van der Waals surface area contributed by atoms with Crippen LogP contribution in [-0.4, -0.2) is 43.0 Å². The average Bonchev–Trinajstić information content (AvgIpc) is 3.07. The standard InChI is InChI=1S/C21H22N4OS/c1-15-5-10-18-19(13-15)27-21(23-18)25(12-4-11-24(2)3)20(26)17-8-6-16(14-22)7-9-17/h5-10,13H,4,11-12H2,1-3H3. The van der Waals surface area contributed by atoms with Crippen LogP contribution >= 0.6 is 11.3 Å². The topological polar surface area (TPSA) is 60.2 Å². The van der Waals surface area contributed by atoms with Crippen LogP contribution in [0.4, 0.5) is 5.13 Å². The Balaban J connectivity index is 1.93. The van der Waals surface area contributed by atoms with Gasteiger partial charge in [0.25, 0.3) is 5.91 Å². The fourth-order valence-corrected chi connectivity index (χ4v) is 3.90. The predicted molar refractivity (Wildman–Crippen MR) is 110 cm³/mol. The number of thiazole rings is 1. The minimum absolute atomic E-state index is 0.0889. The largest absolute Gasteiger partial charge is 0.309 e. The zero-order chi connectivity index (χ0) is 19.4. The van der Waals surface area contributed by atoms with E-state index >= 15 is 0 Å². The van der Waals surface area contributed by atoms with E-state index in [1.54, 1.807) is 29.2 Å². The molecular weight excluding hydrogens is 356 g/mol. The Kier molecular flexibility index (Phi) is 5.84. The van der Waals surface area contributed by atoms with Crippen LogP contribution in [0.3, 0.4) is 0 Å². The zero-order valence-electron chi connectivity index (χ0n) is 15.8. The van der Waals surface area contributed by atoms with Gasteiger partial charge in [0.1, 0.15) is 0 Å². The summed E-state index contributed by atoms with van der Waals surface area (Å²) in [5, 5.41) is 9.68. The number of amides is 1. The second kappa shape index (κ2) is 8.30. The predicted octanol–water partition coefficient (Wildman–Crippen LogP) is 4.07. The third-order valence-corrected chi connectivity index (χ3v) is 5.30. The molecule has 6 heteroatoms. The molecule has 0 unspecified atom stereocenters. The van der Waals surface area contributed by atoms with Gasteiger partial charge in [0.2, 0.25) is 0 Å². The molecule has 0 saturated heterocycles. The first-order chi connectivity index (χ1) is 13.0. The van der Waals surface area contributed by atoms with Crippen molar-refractivity contribution in [2.24, 2.45) is 0 Å². The first-order valence-corrected chi connectivity index (χ1v) is 9.63. The molecule has 1 heterocycles. The van der Waals surface area contributed by atoms with E-state index in [0.29, 0.717) is 22.8 Å². The number of nitrogens with zero attached hydrogens (tertiary/aromatic N) is 4. The highest BCUT2D eigenvalue weighted by molar-refractivity contribution is 7.22. The smallest absolute Gasteiger partial charge is 0.260 e. The lowest BCUT2D eigenvalue weighted by Gasteiger charge is -2.21. The van der Waals surface area contributed by atoms with Gasteiger partial charge < -0.3 is 4.90 Å². The van der Waals surface area contributed by atoms with E-state index in [4.69, 9.17) is 5.26 Å². The second-order valence-electron chi connectivity index (χ2n) is 6.77. The summed E-state index contributed by atoms with van der Waals surface area (Å²) < 4.78 is 1.08. The summed E-state index contributed by atoms with van der Waals surface area (Å²) in [5.41, 5.74) is 3.19. The van der Waals surface area contributed by atoms with Crippen LogP contribution in [0.2, 0.25) is 0 Å². The number of nitriles is 1. The quantitative estimate of drug-likeness (QED) is 0.649. The van der Waals surface area contributed by atoms with Crippen molar-refractivity contribution in [2.75, 3.05) is 32.1 Å². The molecule has 0 atom stereocenters. The van der Waals surface area contributed by atoms with Crippen molar-refractivity contribution in [3.8, 4) is 6.07 Å². The molecule has 0 aliphatic rings. The Morgan fingerprint density at radius 1 is 1.15 bits per heavy atom. The van der Waals surface area contributed by atoms with Gasteiger partial charge in [0.15, 0.2) is 5.13 Å². The summed E-state index contributed by atoms with van der Waals surface area (Å²) in [7, 11) is 4.04. The third kappa shape index (κ3) is 4.51. The minimum Gasteiger partial charge on any atom is -0.309 e. The highest BCUT2D eigenvalue weighted by Crippen LogP contribution is 2.30. The zero-order valence-corrected chi connectivity index (χ0v) is 16.6. The van der Waals surface area contributed by atoms with Crippen molar-refractivity contribution in [3.63, 3.8) is 0 Å². The number of aromatic nitrogens is 1. The first kappa shape index (κ1) is 19.0. The monoisotopic (exact) mass is 378 g/mol. The van der Waals surface area contributed by atoms with Crippen molar-refractivity contribution in [2.45, 2.75) is 13.3 Å². The molecule has 3 rings (SSSR count). The maximum Gasteiger partial charge on any atom is 0.260 e. The summed E-state index contributed by atoms with van der Waals surface area (Å²) in [6, 6.07) is 15.0. The highest BCUT2D eigenvalue weighted by Gasteiger charge is 2.21. The van der Waals surface area contributed by atoms with Crippen molar-refractivity contribution >= 4 is 32.6 Å². The van der Waals surface area contributed by atoms with Gasteiger partial charge in [-0.1, -0.05) is 17.4 Å². The summed E-state index contributed by atoms with van der Waals surface area (Å²) in [6.45, 7) is 3.53. The second-order valence-corrected chi connectivity index (χ2v) is 7.78. The Hall–Kier alpha value is -2.75. The van der Waals surface area contributed by atoms with Crippen LogP contribution in [-0.2, 0) is 0 Å². The Morgan fingerprint density at radius 3 is 2.56 bits per heavy atom. The molecule has 1 amide bonds. The molecule has 0 radical (unpaired) electrons. The van der Waals surface area contributed by atoms with E-state index in [9.17, 15) is 4.79 Å². The Morgan fingerprint density at radius 2 is 1.89 bits per heavy atom. The van der Waals surface area contributed by atoms with Gasteiger partial charge in [0.05, 0.1) is 21.8 Å². The molecule has 1 aromatic heterocycles. The van der Waals surface area contributed by atoms with Gasteiger partial charge in [-0.15, -0.1) is 0 Å². The molecule has 0 spiro atoms. The number of fused-ring (bicyclic) bond motifs is 1. The SMILES string of the molecule is Cc1ccc2nc(N(CCCN(C)C)C(=O)c3ccc(C#N)cc3)sc2c1. The van der Waals surface area contributed by atoms with Gasteiger partial charge in [-0.05, 0) is 75.9 Å². The summed E-state index contributed by atoms with van der Waals surface area (Å²) in [4.78, 5) is 21.7. The van der Waals surface area contributed by atoms with Crippen LogP contribution in [0.25, 0.3) is 10.2 Å². The van der Waals surface area contributed by atoms with Crippen molar-refractivity contribution in [3.05, 3.63) is 59.2 Å². The lowest BCUT2D eigenvalue weighted by atomic mass is 10.1.